The molecule has 3 aromatic rings. The first-order chi connectivity index (χ1) is 11.3. The van der Waals surface area contributed by atoms with Gasteiger partial charge in [0.15, 0.2) is 11.0 Å². The smallest absolute Gasteiger partial charge is 0.189 e. The molecule has 0 atom stereocenters. The molecule has 0 aliphatic rings. The van der Waals surface area contributed by atoms with E-state index in [4.69, 9.17) is 4.74 Å². The highest BCUT2D eigenvalue weighted by molar-refractivity contribution is 7.98. The van der Waals surface area contributed by atoms with Crippen molar-refractivity contribution in [3.63, 3.8) is 0 Å². The third kappa shape index (κ3) is 3.61. The molecule has 0 spiro atoms. The lowest BCUT2D eigenvalue weighted by molar-refractivity contribution is 0.322. The second-order valence-electron chi connectivity index (χ2n) is 4.84. The monoisotopic (exact) mass is 346 g/mol. The van der Waals surface area contributed by atoms with E-state index in [1.165, 1.54) is 11.8 Å². The van der Waals surface area contributed by atoms with E-state index in [9.17, 15) is 0 Å². The highest BCUT2D eigenvalue weighted by atomic mass is 32.2. The Bertz CT molecular complexity index is 791. The standard InChI is InChI=1S/C16H18N4OS2/c1-22-10-4-9-21-14-6-3-5-13-12(14)11-18-20(13)15-7-8-17-16(19-15)23-2/h3,5-8,11H,4,9-10H2,1-2H3. The normalized spacial score (nSPS) is 11.0. The molecule has 0 saturated heterocycles. The summed E-state index contributed by atoms with van der Waals surface area (Å²) in [5.74, 6) is 2.74. The summed E-state index contributed by atoms with van der Waals surface area (Å²) in [4.78, 5) is 8.72. The molecule has 0 saturated carbocycles. The number of nitrogens with zero attached hydrogens (tertiary/aromatic N) is 4. The molecular weight excluding hydrogens is 328 g/mol. The minimum atomic E-state index is 0.718. The lowest BCUT2D eigenvalue weighted by Crippen LogP contribution is -2.01. The summed E-state index contributed by atoms with van der Waals surface area (Å²) in [6.07, 6.45) is 8.69. The first kappa shape index (κ1) is 16.1. The highest BCUT2D eigenvalue weighted by Gasteiger charge is 2.10. The van der Waals surface area contributed by atoms with Crippen molar-refractivity contribution in [3.05, 3.63) is 36.7 Å². The molecule has 1 aromatic carbocycles. The van der Waals surface area contributed by atoms with Crippen LogP contribution in [0.5, 0.6) is 5.75 Å². The van der Waals surface area contributed by atoms with Crippen molar-refractivity contribution in [1.82, 2.24) is 19.7 Å². The highest BCUT2D eigenvalue weighted by Crippen LogP contribution is 2.27. The number of fused-ring (bicyclic) bond motifs is 1. The molecule has 0 N–H and O–H groups in total. The second-order valence-corrected chi connectivity index (χ2v) is 6.60. The van der Waals surface area contributed by atoms with Crippen molar-refractivity contribution >= 4 is 34.4 Å². The van der Waals surface area contributed by atoms with Gasteiger partial charge in [0.1, 0.15) is 5.75 Å². The Morgan fingerprint density at radius 1 is 1.22 bits per heavy atom. The van der Waals surface area contributed by atoms with Crippen molar-refractivity contribution in [3.8, 4) is 11.6 Å². The average Bonchev–Trinajstić information content (AvgIpc) is 3.03. The maximum absolute atomic E-state index is 5.91. The number of hydrogen-bond acceptors (Lipinski definition) is 6. The Balaban J connectivity index is 1.91. The van der Waals surface area contributed by atoms with E-state index in [0.29, 0.717) is 0 Å². The molecule has 0 aliphatic carbocycles. The number of rotatable bonds is 7. The first-order valence-electron chi connectivity index (χ1n) is 7.29. The fourth-order valence-electron chi connectivity index (χ4n) is 2.27. The summed E-state index contributed by atoms with van der Waals surface area (Å²) in [6, 6.07) is 7.86. The number of aromatic nitrogens is 4. The summed E-state index contributed by atoms with van der Waals surface area (Å²) in [5, 5.41) is 6.21. The molecule has 0 radical (unpaired) electrons. The third-order valence-corrected chi connectivity index (χ3v) is 4.60. The lowest BCUT2D eigenvalue weighted by atomic mass is 10.2. The summed E-state index contributed by atoms with van der Waals surface area (Å²) in [7, 11) is 0. The van der Waals surface area contributed by atoms with Gasteiger partial charge in [0.2, 0.25) is 0 Å². The van der Waals surface area contributed by atoms with Crippen molar-refractivity contribution in [2.75, 3.05) is 24.9 Å². The van der Waals surface area contributed by atoms with Gasteiger partial charge in [0.05, 0.1) is 23.7 Å². The van der Waals surface area contributed by atoms with Crippen LogP contribution >= 0.6 is 23.5 Å². The summed E-state index contributed by atoms with van der Waals surface area (Å²) in [6.45, 7) is 0.718. The predicted octanol–water partition coefficient (Wildman–Crippen LogP) is 3.67. The average molecular weight is 346 g/mol. The molecule has 2 aromatic heterocycles. The number of thioether (sulfide) groups is 2. The zero-order valence-electron chi connectivity index (χ0n) is 13.1. The van der Waals surface area contributed by atoms with Crippen LogP contribution in [-0.2, 0) is 0 Å². The minimum Gasteiger partial charge on any atom is -0.493 e. The lowest BCUT2D eigenvalue weighted by Gasteiger charge is -2.07. The van der Waals surface area contributed by atoms with E-state index in [2.05, 4.69) is 21.3 Å². The predicted molar refractivity (Wildman–Crippen MR) is 96.9 cm³/mol. The van der Waals surface area contributed by atoms with Gasteiger partial charge in [0.25, 0.3) is 0 Å². The van der Waals surface area contributed by atoms with Crippen molar-refractivity contribution in [1.29, 1.82) is 0 Å². The van der Waals surface area contributed by atoms with Gasteiger partial charge in [0, 0.05) is 12.3 Å². The van der Waals surface area contributed by atoms with Crippen molar-refractivity contribution in [2.45, 2.75) is 11.6 Å². The van der Waals surface area contributed by atoms with E-state index < -0.39 is 0 Å². The van der Waals surface area contributed by atoms with Gasteiger partial charge in [-0.3, -0.25) is 0 Å². The Morgan fingerprint density at radius 2 is 2.13 bits per heavy atom. The van der Waals surface area contributed by atoms with Gasteiger partial charge in [-0.25, -0.2) is 14.6 Å². The van der Waals surface area contributed by atoms with Crippen LogP contribution in [-0.4, -0.2) is 44.6 Å². The van der Waals surface area contributed by atoms with Crippen molar-refractivity contribution in [2.24, 2.45) is 0 Å². The maximum Gasteiger partial charge on any atom is 0.189 e. The quantitative estimate of drug-likeness (QED) is 0.370. The van der Waals surface area contributed by atoms with Crippen LogP contribution in [0.3, 0.4) is 0 Å². The topological polar surface area (TPSA) is 52.8 Å². The van der Waals surface area contributed by atoms with Gasteiger partial charge in [-0.05, 0) is 36.8 Å². The van der Waals surface area contributed by atoms with Crippen LogP contribution in [0.2, 0.25) is 0 Å². The number of ether oxygens (including phenoxy) is 1. The molecule has 0 bridgehead atoms. The molecule has 0 unspecified atom stereocenters. The summed E-state index contributed by atoms with van der Waals surface area (Å²) < 4.78 is 7.74. The Morgan fingerprint density at radius 3 is 2.96 bits per heavy atom. The van der Waals surface area contributed by atoms with E-state index >= 15 is 0 Å². The summed E-state index contributed by atoms with van der Waals surface area (Å²) >= 11 is 3.35. The zero-order valence-corrected chi connectivity index (χ0v) is 14.7. The number of hydrogen-bond donors (Lipinski definition) is 0. The van der Waals surface area contributed by atoms with Crippen LogP contribution < -0.4 is 4.74 Å². The molecule has 0 fully saturated rings. The molecule has 0 amide bonds. The van der Waals surface area contributed by atoms with E-state index in [1.54, 1.807) is 6.20 Å². The molecule has 2 heterocycles. The Hall–Kier alpha value is -1.73. The second kappa shape index (κ2) is 7.70. The van der Waals surface area contributed by atoms with Crippen LogP contribution in [0.1, 0.15) is 6.42 Å². The largest absolute Gasteiger partial charge is 0.493 e. The van der Waals surface area contributed by atoms with Crippen LogP contribution in [0.15, 0.2) is 41.8 Å². The van der Waals surface area contributed by atoms with E-state index in [0.717, 1.165) is 46.4 Å². The van der Waals surface area contributed by atoms with Crippen LogP contribution in [0.4, 0.5) is 0 Å². The van der Waals surface area contributed by atoms with E-state index in [-0.39, 0.29) is 0 Å². The molecule has 7 heteroatoms. The molecule has 5 nitrogen and oxygen atoms in total. The molecule has 3 rings (SSSR count). The fraction of sp³-hybridized carbons (Fsp3) is 0.312. The van der Waals surface area contributed by atoms with Gasteiger partial charge in [-0.15, -0.1) is 0 Å². The maximum atomic E-state index is 5.91. The van der Waals surface area contributed by atoms with Gasteiger partial charge in [-0.2, -0.15) is 16.9 Å². The van der Waals surface area contributed by atoms with Gasteiger partial charge < -0.3 is 4.74 Å². The Labute approximate surface area is 143 Å². The fourth-order valence-corrected chi connectivity index (χ4v) is 3.02. The van der Waals surface area contributed by atoms with E-state index in [1.807, 2.05) is 53.2 Å². The van der Waals surface area contributed by atoms with Gasteiger partial charge in [-0.1, -0.05) is 17.8 Å². The minimum absolute atomic E-state index is 0.718. The zero-order chi connectivity index (χ0) is 16.1. The van der Waals surface area contributed by atoms with Crippen molar-refractivity contribution < 1.29 is 4.74 Å². The summed E-state index contributed by atoms with van der Waals surface area (Å²) in [5.41, 5.74) is 0.984. The molecular formula is C16H18N4OS2. The molecule has 23 heavy (non-hydrogen) atoms. The van der Waals surface area contributed by atoms with Crippen LogP contribution in [0.25, 0.3) is 16.7 Å². The SMILES string of the molecule is CSCCCOc1cccc2c1cnn2-c1ccnc(SC)n1. The number of benzene rings is 1. The first-order valence-corrected chi connectivity index (χ1v) is 9.91. The third-order valence-electron chi connectivity index (χ3n) is 3.34. The van der Waals surface area contributed by atoms with Crippen LogP contribution in [0, 0.1) is 0 Å². The molecule has 0 aliphatic heterocycles. The molecule has 120 valence electrons. The van der Waals surface area contributed by atoms with Gasteiger partial charge >= 0.3 is 0 Å². The Kier molecular flexibility index (Phi) is 5.40.